The molecule has 1 aromatic rings. The van der Waals surface area contributed by atoms with Crippen molar-refractivity contribution >= 4 is 6.03 Å². The standard InChI is InChI=1S/C12H14FN3O/c13-10-4-2-1-3-9(10)11-7-16(12(17)15-11)8-5-14-6-8/h1-4,8,11,14H,5-7H2,(H,15,17). The molecule has 0 aromatic heterocycles. The monoisotopic (exact) mass is 235 g/mol. The number of halogens is 1. The van der Waals surface area contributed by atoms with Crippen LogP contribution in [0.5, 0.6) is 0 Å². The fraction of sp³-hybridized carbons (Fsp3) is 0.417. The first kappa shape index (κ1) is 10.5. The highest BCUT2D eigenvalue weighted by Gasteiger charge is 2.37. The van der Waals surface area contributed by atoms with Crippen molar-refractivity contribution in [1.29, 1.82) is 0 Å². The van der Waals surface area contributed by atoms with Crippen LogP contribution in [-0.4, -0.2) is 36.6 Å². The summed E-state index contributed by atoms with van der Waals surface area (Å²) in [5, 5.41) is 5.96. The smallest absolute Gasteiger partial charge is 0.318 e. The van der Waals surface area contributed by atoms with Crippen molar-refractivity contribution in [2.45, 2.75) is 12.1 Å². The van der Waals surface area contributed by atoms with Crippen LogP contribution in [0.25, 0.3) is 0 Å². The Hall–Kier alpha value is -1.62. The molecular weight excluding hydrogens is 221 g/mol. The molecule has 17 heavy (non-hydrogen) atoms. The van der Waals surface area contributed by atoms with Crippen LogP contribution < -0.4 is 10.6 Å². The highest BCUT2D eigenvalue weighted by Crippen LogP contribution is 2.24. The molecule has 2 aliphatic heterocycles. The lowest BCUT2D eigenvalue weighted by molar-refractivity contribution is 0.172. The SMILES string of the molecule is O=C1NC(c2ccccc2F)CN1C1CNC1. The van der Waals surface area contributed by atoms with Gasteiger partial charge in [0.05, 0.1) is 12.1 Å². The van der Waals surface area contributed by atoms with Gasteiger partial charge in [0, 0.05) is 25.2 Å². The molecule has 2 aliphatic rings. The molecule has 0 saturated carbocycles. The highest BCUT2D eigenvalue weighted by molar-refractivity contribution is 5.77. The van der Waals surface area contributed by atoms with E-state index in [1.165, 1.54) is 6.07 Å². The average Bonchev–Trinajstić information content (AvgIpc) is 2.59. The molecule has 0 aliphatic carbocycles. The van der Waals surface area contributed by atoms with Crippen LogP contribution in [0.1, 0.15) is 11.6 Å². The van der Waals surface area contributed by atoms with Crippen LogP contribution in [0, 0.1) is 5.82 Å². The number of amides is 2. The van der Waals surface area contributed by atoms with E-state index in [1.54, 1.807) is 23.1 Å². The number of benzene rings is 1. The van der Waals surface area contributed by atoms with Crippen molar-refractivity contribution in [3.05, 3.63) is 35.6 Å². The highest BCUT2D eigenvalue weighted by atomic mass is 19.1. The van der Waals surface area contributed by atoms with Crippen molar-refractivity contribution in [3.8, 4) is 0 Å². The Morgan fingerprint density at radius 1 is 1.29 bits per heavy atom. The predicted octanol–water partition coefficient (Wildman–Crippen LogP) is 0.864. The van der Waals surface area contributed by atoms with Crippen LogP contribution >= 0.6 is 0 Å². The van der Waals surface area contributed by atoms with Crippen molar-refractivity contribution < 1.29 is 9.18 Å². The number of nitrogens with zero attached hydrogens (tertiary/aromatic N) is 1. The number of hydrogen-bond donors (Lipinski definition) is 2. The van der Waals surface area contributed by atoms with Crippen LogP contribution in [0.15, 0.2) is 24.3 Å². The maximum atomic E-state index is 13.6. The fourth-order valence-corrected chi connectivity index (χ4v) is 2.30. The topological polar surface area (TPSA) is 44.4 Å². The third-order valence-electron chi connectivity index (χ3n) is 3.42. The van der Waals surface area contributed by atoms with Crippen molar-refractivity contribution in [1.82, 2.24) is 15.5 Å². The van der Waals surface area contributed by atoms with Gasteiger partial charge in [-0.25, -0.2) is 9.18 Å². The minimum atomic E-state index is -0.258. The summed E-state index contributed by atoms with van der Waals surface area (Å²) >= 11 is 0. The summed E-state index contributed by atoms with van der Waals surface area (Å²) in [6.07, 6.45) is 0. The van der Waals surface area contributed by atoms with Gasteiger partial charge in [-0.15, -0.1) is 0 Å². The normalized spacial score (nSPS) is 24.6. The molecule has 2 saturated heterocycles. The van der Waals surface area contributed by atoms with E-state index in [1.807, 2.05) is 0 Å². The van der Waals surface area contributed by atoms with Gasteiger partial charge >= 0.3 is 6.03 Å². The van der Waals surface area contributed by atoms with Crippen molar-refractivity contribution in [3.63, 3.8) is 0 Å². The number of urea groups is 1. The summed E-state index contributed by atoms with van der Waals surface area (Å²) in [5.74, 6) is -0.258. The van der Waals surface area contributed by atoms with E-state index >= 15 is 0 Å². The first-order chi connectivity index (χ1) is 8.25. The summed E-state index contributed by atoms with van der Waals surface area (Å²) in [7, 11) is 0. The predicted molar refractivity (Wildman–Crippen MR) is 61.0 cm³/mol. The number of carbonyl (C=O) groups excluding carboxylic acids is 1. The van der Waals surface area contributed by atoms with Gasteiger partial charge in [-0.1, -0.05) is 18.2 Å². The van der Waals surface area contributed by atoms with E-state index < -0.39 is 0 Å². The van der Waals surface area contributed by atoms with Gasteiger partial charge in [0.2, 0.25) is 0 Å². The Bertz CT molecular complexity index is 447. The number of carbonyl (C=O) groups is 1. The Morgan fingerprint density at radius 2 is 2.06 bits per heavy atom. The zero-order valence-corrected chi connectivity index (χ0v) is 9.32. The third-order valence-corrected chi connectivity index (χ3v) is 3.42. The van der Waals surface area contributed by atoms with E-state index in [2.05, 4.69) is 10.6 Å². The molecule has 2 amide bonds. The second-order valence-corrected chi connectivity index (χ2v) is 4.49. The first-order valence-corrected chi connectivity index (χ1v) is 5.78. The maximum Gasteiger partial charge on any atom is 0.318 e. The lowest BCUT2D eigenvalue weighted by Crippen LogP contribution is -2.57. The maximum absolute atomic E-state index is 13.6. The number of rotatable bonds is 2. The van der Waals surface area contributed by atoms with Crippen LogP contribution in [-0.2, 0) is 0 Å². The minimum Gasteiger partial charge on any atom is -0.329 e. The lowest BCUT2D eigenvalue weighted by Gasteiger charge is -2.34. The van der Waals surface area contributed by atoms with Gasteiger partial charge < -0.3 is 15.5 Å². The summed E-state index contributed by atoms with van der Waals surface area (Å²) < 4.78 is 13.6. The molecule has 90 valence electrons. The quantitative estimate of drug-likeness (QED) is 0.798. The lowest BCUT2D eigenvalue weighted by atomic mass is 10.1. The van der Waals surface area contributed by atoms with Crippen LogP contribution in [0.3, 0.4) is 0 Å². The summed E-state index contributed by atoms with van der Waals surface area (Å²) in [5.41, 5.74) is 0.565. The second-order valence-electron chi connectivity index (χ2n) is 4.49. The summed E-state index contributed by atoms with van der Waals surface area (Å²) in [6.45, 7) is 2.21. The Morgan fingerprint density at radius 3 is 2.71 bits per heavy atom. The van der Waals surface area contributed by atoms with E-state index in [4.69, 9.17) is 0 Å². The van der Waals surface area contributed by atoms with E-state index in [0.717, 1.165) is 13.1 Å². The van der Waals surface area contributed by atoms with E-state index in [-0.39, 0.29) is 23.9 Å². The molecule has 0 bridgehead atoms. The molecule has 1 unspecified atom stereocenters. The summed E-state index contributed by atoms with van der Waals surface area (Å²) in [4.78, 5) is 13.6. The zero-order valence-electron chi connectivity index (χ0n) is 9.32. The number of nitrogens with one attached hydrogen (secondary N) is 2. The zero-order chi connectivity index (χ0) is 11.8. The molecule has 1 aromatic carbocycles. The van der Waals surface area contributed by atoms with Gasteiger partial charge in [0.15, 0.2) is 0 Å². The van der Waals surface area contributed by atoms with Crippen molar-refractivity contribution in [2.75, 3.05) is 19.6 Å². The Kier molecular flexibility index (Phi) is 2.48. The van der Waals surface area contributed by atoms with Crippen molar-refractivity contribution in [2.24, 2.45) is 0 Å². The fourth-order valence-electron chi connectivity index (χ4n) is 2.30. The molecule has 4 nitrogen and oxygen atoms in total. The molecule has 5 heteroatoms. The molecule has 2 fully saturated rings. The molecule has 1 atom stereocenters. The molecule has 0 spiro atoms. The average molecular weight is 235 g/mol. The molecule has 2 heterocycles. The summed E-state index contributed by atoms with van der Waals surface area (Å²) in [6, 6.07) is 6.53. The van der Waals surface area contributed by atoms with Gasteiger partial charge in [0.25, 0.3) is 0 Å². The van der Waals surface area contributed by atoms with Crippen LogP contribution in [0.2, 0.25) is 0 Å². The van der Waals surface area contributed by atoms with E-state index in [0.29, 0.717) is 12.1 Å². The van der Waals surface area contributed by atoms with Gasteiger partial charge in [-0.05, 0) is 6.07 Å². The first-order valence-electron chi connectivity index (χ1n) is 5.78. The molecule has 0 radical (unpaired) electrons. The minimum absolute atomic E-state index is 0.0928. The molecular formula is C12H14FN3O. The third kappa shape index (κ3) is 1.76. The number of hydrogen-bond acceptors (Lipinski definition) is 2. The van der Waals surface area contributed by atoms with E-state index in [9.17, 15) is 9.18 Å². The van der Waals surface area contributed by atoms with Gasteiger partial charge in [-0.2, -0.15) is 0 Å². The molecule has 2 N–H and O–H groups in total. The second kappa shape index (κ2) is 4.00. The van der Waals surface area contributed by atoms with Crippen LogP contribution in [0.4, 0.5) is 9.18 Å². The molecule has 3 rings (SSSR count). The Labute approximate surface area is 98.8 Å². The van der Waals surface area contributed by atoms with Gasteiger partial charge in [-0.3, -0.25) is 0 Å². The van der Waals surface area contributed by atoms with Gasteiger partial charge in [0.1, 0.15) is 5.82 Å². The largest absolute Gasteiger partial charge is 0.329 e. The Balaban J connectivity index is 1.78.